The molecule has 0 bridgehead atoms. The summed E-state index contributed by atoms with van der Waals surface area (Å²) in [7, 11) is 0. The van der Waals surface area contributed by atoms with Gasteiger partial charge in [-0.2, -0.15) is 5.26 Å². The lowest BCUT2D eigenvalue weighted by Gasteiger charge is -2.16. The molecule has 0 unspecified atom stereocenters. The first-order valence-electron chi connectivity index (χ1n) is 6.69. The van der Waals surface area contributed by atoms with Crippen LogP contribution in [0.15, 0.2) is 48.5 Å². The third-order valence-electron chi connectivity index (χ3n) is 3.29. The molecule has 0 fully saturated rings. The number of rotatable bonds is 5. The number of nitriles is 1. The fraction of sp³-hybridized carbons (Fsp3) is 0.235. The lowest BCUT2D eigenvalue weighted by Crippen LogP contribution is -2.18. The van der Waals surface area contributed by atoms with Gasteiger partial charge in [0.25, 0.3) is 0 Å². The summed E-state index contributed by atoms with van der Waals surface area (Å²) < 4.78 is 0. The van der Waals surface area contributed by atoms with Crippen LogP contribution in [0.2, 0.25) is 0 Å². The summed E-state index contributed by atoms with van der Waals surface area (Å²) >= 11 is 0. The Morgan fingerprint density at radius 3 is 2.55 bits per heavy atom. The minimum Gasteiger partial charge on any atom is -0.506 e. The highest BCUT2D eigenvalue weighted by Crippen LogP contribution is 2.27. The normalized spacial score (nSPS) is 11.6. The van der Waals surface area contributed by atoms with Crippen molar-refractivity contribution in [1.29, 1.82) is 5.26 Å². The molecular formula is C17H18N2O. The summed E-state index contributed by atoms with van der Waals surface area (Å²) in [4.78, 5) is 0. The Morgan fingerprint density at radius 1 is 1.15 bits per heavy atom. The number of anilines is 1. The molecule has 0 aliphatic rings. The highest BCUT2D eigenvalue weighted by Gasteiger charge is 2.11. The van der Waals surface area contributed by atoms with Gasteiger partial charge in [0.05, 0.1) is 11.8 Å². The molecular weight excluding hydrogens is 248 g/mol. The topological polar surface area (TPSA) is 56.0 Å². The van der Waals surface area contributed by atoms with Crippen molar-refractivity contribution in [2.24, 2.45) is 0 Å². The van der Waals surface area contributed by atoms with E-state index in [2.05, 4.69) is 23.5 Å². The Labute approximate surface area is 119 Å². The predicted octanol–water partition coefficient (Wildman–Crippen LogP) is 3.64. The van der Waals surface area contributed by atoms with Gasteiger partial charge in [-0.3, -0.25) is 0 Å². The van der Waals surface area contributed by atoms with Crippen LogP contribution in [0, 0.1) is 18.3 Å². The third-order valence-corrected chi connectivity index (χ3v) is 3.29. The maximum atomic E-state index is 9.85. The fourth-order valence-corrected chi connectivity index (χ4v) is 2.14. The van der Waals surface area contributed by atoms with Crippen LogP contribution in [0.4, 0.5) is 5.69 Å². The van der Waals surface area contributed by atoms with E-state index in [0.29, 0.717) is 12.1 Å². The number of hydrogen-bond acceptors (Lipinski definition) is 3. The van der Waals surface area contributed by atoms with Crippen molar-refractivity contribution in [3.05, 3.63) is 59.7 Å². The minimum absolute atomic E-state index is 0.185. The van der Waals surface area contributed by atoms with Gasteiger partial charge in [0.1, 0.15) is 11.8 Å². The van der Waals surface area contributed by atoms with Crippen molar-refractivity contribution in [2.45, 2.75) is 25.8 Å². The Bertz CT molecular complexity index is 582. The van der Waals surface area contributed by atoms with Crippen LogP contribution in [0.25, 0.3) is 0 Å². The number of hydrogen-bond donors (Lipinski definition) is 2. The van der Waals surface area contributed by atoms with Gasteiger partial charge in [0.2, 0.25) is 0 Å². The van der Waals surface area contributed by atoms with Crippen molar-refractivity contribution in [2.75, 3.05) is 5.32 Å². The van der Waals surface area contributed by atoms with Crippen LogP contribution in [0.3, 0.4) is 0 Å². The van der Waals surface area contributed by atoms with Crippen LogP contribution in [0.5, 0.6) is 5.75 Å². The molecule has 2 aromatic carbocycles. The molecule has 0 radical (unpaired) electrons. The first-order chi connectivity index (χ1) is 9.70. The highest BCUT2D eigenvalue weighted by atomic mass is 16.3. The highest BCUT2D eigenvalue weighted by molar-refractivity contribution is 5.61. The molecule has 20 heavy (non-hydrogen) atoms. The smallest absolute Gasteiger partial charge is 0.138 e. The van der Waals surface area contributed by atoms with Crippen LogP contribution in [-0.4, -0.2) is 11.1 Å². The number of nitrogens with zero attached hydrogens (tertiary/aromatic N) is 1. The molecule has 2 N–H and O–H groups in total. The van der Waals surface area contributed by atoms with Crippen molar-refractivity contribution in [1.82, 2.24) is 0 Å². The van der Waals surface area contributed by atoms with E-state index in [1.807, 2.05) is 31.2 Å². The van der Waals surface area contributed by atoms with Gasteiger partial charge in [0.15, 0.2) is 0 Å². The van der Waals surface area contributed by atoms with Crippen LogP contribution in [-0.2, 0) is 6.42 Å². The zero-order chi connectivity index (χ0) is 14.4. The second kappa shape index (κ2) is 6.63. The maximum absolute atomic E-state index is 9.85. The molecule has 0 saturated heterocycles. The number of nitrogens with one attached hydrogen (secondary N) is 1. The van der Waals surface area contributed by atoms with E-state index < -0.39 is 0 Å². The first kappa shape index (κ1) is 14.0. The molecule has 102 valence electrons. The molecule has 0 saturated carbocycles. The number of phenols is 1. The number of phenolic OH excluding ortho intramolecular Hbond substituents is 1. The molecule has 2 aromatic rings. The number of aryl methyl sites for hydroxylation is 2. The molecule has 0 aromatic heterocycles. The van der Waals surface area contributed by atoms with E-state index in [0.717, 1.165) is 12.0 Å². The molecule has 0 heterocycles. The SMILES string of the molecule is Cc1cccc(O)c1N[C@H](C#N)CCc1ccccc1. The van der Waals surface area contributed by atoms with Crippen molar-refractivity contribution in [3.8, 4) is 11.8 Å². The molecule has 2 rings (SSSR count). The molecule has 0 spiro atoms. The molecule has 3 nitrogen and oxygen atoms in total. The predicted molar refractivity (Wildman–Crippen MR) is 80.6 cm³/mol. The largest absolute Gasteiger partial charge is 0.506 e. The second-order valence-corrected chi connectivity index (χ2v) is 4.82. The lowest BCUT2D eigenvalue weighted by molar-refractivity contribution is 0.476. The van der Waals surface area contributed by atoms with Gasteiger partial charge in [-0.1, -0.05) is 42.5 Å². The van der Waals surface area contributed by atoms with Gasteiger partial charge >= 0.3 is 0 Å². The summed E-state index contributed by atoms with van der Waals surface area (Å²) in [5.74, 6) is 0.185. The molecule has 0 amide bonds. The van der Waals surface area contributed by atoms with E-state index in [1.54, 1.807) is 12.1 Å². The van der Waals surface area contributed by atoms with E-state index >= 15 is 0 Å². The fourth-order valence-electron chi connectivity index (χ4n) is 2.14. The van der Waals surface area contributed by atoms with Crippen LogP contribution >= 0.6 is 0 Å². The van der Waals surface area contributed by atoms with Crippen molar-refractivity contribution < 1.29 is 5.11 Å². The molecule has 1 atom stereocenters. The summed E-state index contributed by atoms with van der Waals surface area (Å²) in [6, 6.07) is 17.4. The summed E-state index contributed by atoms with van der Waals surface area (Å²) in [6.07, 6.45) is 1.53. The van der Waals surface area contributed by atoms with Crippen LogP contribution < -0.4 is 5.32 Å². The molecule has 0 aliphatic carbocycles. The Balaban J connectivity index is 2.01. The van der Waals surface area contributed by atoms with E-state index in [9.17, 15) is 10.4 Å². The van der Waals surface area contributed by atoms with Gasteiger partial charge in [-0.25, -0.2) is 0 Å². The first-order valence-corrected chi connectivity index (χ1v) is 6.69. The second-order valence-electron chi connectivity index (χ2n) is 4.82. The Kier molecular flexibility index (Phi) is 4.62. The zero-order valence-corrected chi connectivity index (χ0v) is 11.5. The van der Waals surface area contributed by atoms with Crippen molar-refractivity contribution >= 4 is 5.69 Å². The lowest BCUT2D eigenvalue weighted by atomic mass is 10.1. The zero-order valence-electron chi connectivity index (χ0n) is 11.5. The van der Waals surface area contributed by atoms with E-state index in [4.69, 9.17) is 0 Å². The number of para-hydroxylation sites is 1. The number of benzene rings is 2. The third kappa shape index (κ3) is 3.52. The van der Waals surface area contributed by atoms with Gasteiger partial charge in [0, 0.05) is 0 Å². The van der Waals surface area contributed by atoms with Crippen LogP contribution in [0.1, 0.15) is 17.5 Å². The van der Waals surface area contributed by atoms with Gasteiger partial charge in [-0.15, -0.1) is 0 Å². The standard InChI is InChI=1S/C17H18N2O/c1-13-6-5-9-16(20)17(13)19-15(12-18)11-10-14-7-3-2-4-8-14/h2-9,15,19-20H,10-11H2,1H3/t15-/m0/s1. The van der Waals surface area contributed by atoms with E-state index in [-0.39, 0.29) is 11.8 Å². The maximum Gasteiger partial charge on any atom is 0.138 e. The Hall–Kier alpha value is -2.47. The van der Waals surface area contributed by atoms with E-state index in [1.165, 1.54) is 5.56 Å². The summed E-state index contributed by atoms with van der Waals surface area (Å²) in [6.45, 7) is 1.91. The monoisotopic (exact) mass is 266 g/mol. The van der Waals surface area contributed by atoms with Gasteiger partial charge in [-0.05, 0) is 37.0 Å². The average Bonchev–Trinajstić information content (AvgIpc) is 2.47. The summed E-state index contributed by atoms with van der Waals surface area (Å²) in [5, 5.41) is 22.2. The van der Waals surface area contributed by atoms with Gasteiger partial charge < -0.3 is 10.4 Å². The summed E-state index contributed by atoms with van der Waals surface area (Å²) in [5.41, 5.74) is 2.79. The quantitative estimate of drug-likeness (QED) is 0.812. The average molecular weight is 266 g/mol. The van der Waals surface area contributed by atoms with Crippen molar-refractivity contribution in [3.63, 3.8) is 0 Å². The Morgan fingerprint density at radius 2 is 1.90 bits per heavy atom. The molecule has 3 heteroatoms. The molecule has 0 aliphatic heterocycles. The minimum atomic E-state index is -0.317. The number of aromatic hydroxyl groups is 1.